The molecule has 0 bridgehead atoms. The Morgan fingerprint density at radius 1 is 1.67 bits per heavy atom. The zero-order chi connectivity index (χ0) is 11.4. The van der Waals surface area contributed by atoms with Gasteiger partial charge in [-0.3, -0.25) is 0 Å². The molecule has 0 heterocycles. The summed E-state index contributed by atoms with van der Waals surface area (Å²) in [6, 6.07) is 5.29. The van der Waals surface area contributed by atoms with E-state index in [9.17, 15) is 4.79 Å². The summed E-state index contributed by atoms with van der Waals surface area (Å²) in [4.78, 5) is 11.5. The number of rotatable bonds is 2. The Labute approximate surface area is 110 Å². The molecule has 0 aliphatic heterocycles. The fourth-order valence-electron chi connectivity index (χ4n) is 0.998. The fraction of sp³-hybridized carbons (Fsp3) is 0.200. The third-order valence-corrected chi connectivity index (χ3v) is 3.22. The first-order valence-corrected chi connectivity index (χ1v) is 6.03. The van der Waals surface area contributed by atoms with Crippen molar-refractivity contribution in [2.45, 2.75) is 6.92 Å². The van der Waals surface area contributed by atoms with Crippen molar-refractivity contribution in [1.82, 2.24) is 0 Å². The Kier molecular flexibility index (Phi) is 4.54. The quantitative estimate of drug-likeness (QED) is 0.586. The van der Waals surface area contributed by atoms with Gasteiger partial charge in [0, 0.05) is 8.04 Å². The van der Waals surface area contributed by atoms with Gasteiger partial charge in [0.05, 0.1) is 17.7 Å². The largest absolute Gasteiger partial charge is 0.462 e. The van der Waals surface area contributed by atoms with Crippen molar-refractivity contribution in [2.24, 2.45) is 0 Å². The standard InChI is InChI=1S/C10H7BrINO2/c1-2-15-10(14)7-4-8(11)6(5-13)3-9(7)12/h3-4H,2H2,1H3. The van der Waals surface area contributed by atoms with Crippen LogP contribution in [-0.4, -0.2) is 12.6 Å². The van der Waals surface area contributed by atoms with Crippen LogP contribution in [-0.2, 0) is 4.74 Å². The van der Waals surface area contributed by atoms with Gasteiger partial charge >= 0.3 is 5.97 Å². The van der Waals surface area contributed by atoms with Crippen LogP contribution in [0.5, 0.6) is 0 Å². The molecular formula is C10H7BrINO2. The number of carbonyl (C=O) groups excluding carboxylic acids is 1. The molecule has 0 spiro atoms. The van der Waals surface area contributed by atoms with Crippen molar-refractivity contribution < 1.29 is 9.53 Å². The molecule has 0 fully saturated rings. The predicted molar refractivity (Wildman–Crippen MR) is 67.5 cm³/mol. The second-order valence-corrected chi connectivity index (χ2v) is 4.66. The van der Waals surface area contributed by atoms with E-state index in [0.717, 1.165) is 0 Å². The summed E-state index contributed by atoms with van der Waals surface area (Å²) in [5.41, 5.74) is 0.982. The zero-order valence-electron chi connectivity index (χ0n) is 7.88. The second kappa shape index (κ2) is 5.47. The molecule has 1 aromatic carbocycles. The lowest BCUT2D eigenvalue weighted by Crippen LogP contribution is -2.07. The molecule has 0 saturated carbocycles. The van der Waals surface area contributed by atoms with E-state index in [1.54, 1.807) is 19.1 Å². The minimum Gasteiger partial charge on any atom is -0.462 e. The van der Waals surface area contributed by atoms with Crippen LogP contribution >= 0.6 is 38.5 Å². The average Bonchev–Trinajstić information content (AvgIpc) is 2.21. The van der Waals surface area contributed by atoms with E-state index in [4.69, 9.17) is 10.00 Å². The highest BCUT2D eigenvalue weighted by Gasteiger charge is 2.13. The van der Waals surface area contributed by atoms with E-state index >= 15 is 0 Å². The maximum Gasteiger partial charge on any atom is 0.339 e. The minimum absolute atomic E-state index is 0.340. The van der Waals surface area contributed by atoms with Gasteiger partial charge in [0.15, 0.2) is 0 Å². The zero-order valence-corrected chi connectivity index (χ0v) is 11.6. The molecule has 1 aromatic rings. The number of halogens is 2. The van der Waals surface area contributed by atoms with Gasteiger partial charge < -0.3 is 4.74 Å². The summed E-state index contributed by atoms with van der Waals surface area (Å²) in [7, 11) is 0. The summed E-state index contributed by atoms with van der Waals surface area (Å²) in [5.74, 6) is -0.368. The first-order valence-electron chi connectivity index (χ1n) is 4.16. The molecule has 3 nitrogen and oxygen atoms in total. The molecule has 0 aliphatic carbocycles. The normalized spacial score (nSPS) is 9.47. The lowest BCUT2D eigenvalue weighted by Gasteiger charge is -2.05. The van der Waals surface area contributed by atoms with Crippen LogP contribution in [0.1, 0.15) is 22.8 Å². The van der Waals surface area contributed by atoms with Crippen LogP contribution < -0.4 is 0 Å². The Balaban J connectivity index is 3.17. The number of nitrogens with zero attached hydrogens (tertiary/aromatic N) is 1. The van der Waals surface area contributed by atoms with Crippen LogP contribution in [0.2, 0.25) is 0 Å². The van der Waals surface area contributed by atoms with Crippen LogP contribution in [0, 0.1) is 14.9 Å². The third-order valence-electron chi connectivity index (χ3n) is 1.67. The van der Waals surface area contributed by atoms with Gasteiger partial charge in [-0.2, -0.15) is 5.26 Å². The molecule has 0 saturated heterocycles. The maximum absolute atomic E-state index is 11.5. The molecule has 0 amide bonds. The van der Waals surface area contributed by atoms with Crippen molar-refractivity contribution in [3.63, 3.8) is 0 Å². The Hall–Kier alpha value is -0.610. The Bertz CT molecular complexity index is 440. The van der Waals surface area contributed by atoms with Gasteiger partial charge in [0.2, 0.25) is 0 Å². The Morgan fingerprint density at radius 2 is 2.33 bits per heavy atom. The molecule has 0 aromatic heterocycles. The third kappa shape index (κ3) is 2.92. The molecule has 78 valence electrons. The summed E-state index contributed by atoms with van der Waals surface area (Å²) in [6.45, 7) is 2.09. The van der Waals surface area contributed by atoms with Crippen LogP contribution in [0.4, 0.5) is 0 Å². The molecule has 5 heteroatoms. The van der Waals surface area contributed by atoms with Crippen molar-refractivity contribution in [1.29, 1.82) is 5.26 Å². The van der Waals surface area contributed by atoms with Gasteiger partial charge in [-0.15, -0.1) is 0 Å². The number of hydrogen-bond donors (Lipinski definition) is 0. The average molecular weight is 380 g/mol. The van der Waals surface area contributed by atoms with Crippen molar-refractivity contribution in [2.75, 3.05) is 6.61 Å². The van der Waals surface area contributed by atoms with Gasteiger partial charge in [0.25, 0.3) is 0 Å². The monoisotopic (exact) mass is 379 g/mol. The number of carbonyl (C=O) groups is 1. The molecule has 0 N–H and O–H groups in total. The van der Waals surface area contributed by atoms with Crippen LogP contribution in [0.3, 0.4) is 0 Å². The van der Waals surface area contributed by atoms with Crippen molar-refractivity contribution in [3.05, 3.63) is 31.3 Å². The first-order chi connectivity index (χ1) is 7.10. The highest BCUT2D eigenvalue weighted by molar-refractivity contribution is 14.1. The number of ether oxygens (including phenoxy) is 1. The number of esters is 1. The SMILES string of the molecule is CCOC(=O)c1cc(Br)c(C#N)cc1I. The van der Waals surface area contributed by atoms with E-state index in [1.807, 2.05) is 28.7 Å². The van der Waals surface area contributed by atoms with Gasteiger partial charge in [-0.1, -0.05) is 0 Å². The molecule has 0 atom stereocenters. The number of hydrogen-bond acceptors (Lipinski definition) is 3. The highest BCUT2D eigenvalue weighted by Crippen LogP contribution is 2.23. The van der Waals surface area contributed by atoms with E-state index in [1.165, 1.54) is 0 Å². The first kappa shape index (κ1) is 12.5. The molecule has 0 aliphatic rings. The maximum atomic E-state index is 11.5. The van der Waals surface area contributed by atoms with E-state index in [0.29, 0.717) is 25.8 Å². The van der Waals surface area contributed by atoms with Gasteiger partial charge in [0.1, 0.15) is 6.07 Å². The van der Waals surface area contributed by atoms with Crippen LogP contribution in [0.25, 0.3) is 0 Å². The van der Waals surface area contributed by atoms with Crippen molar-refractivity contribution >= 4 is 44.5 Å². The fourth-order valence-corrected chi connectivity index (χ4v) is 2.12. The van der Waals surface area contributed by atoms with E-state index in [2.05, 4.69) is 15.9 Å². The van der Waals surface area contributed by atoms with Crippen LogP contribution in [0.15, 0.2) is 16.6 Å². The predicted octanol–water partition coefficient (Wildman–Crippen LogP) is 3.10. The molecule has 15 heavy (non-hydrogen) atoms. The number of nitriles is 1. The Morgan fingerprint density at radius 3 is 2.87 bits per heavy atom. The highest BCUT2D eigenvalue weighted by atomic mass is 127. The number of benzene rings is 1. The van der Waals surface area contributed by atoms with Gasteiger partial charge in [-0.25, -0.2) is 4.79 Å². The lowest BCUT2D eigenvalue weighted by molar-refractivity contribution is 0.0525. The van der Waals surface area contributed by atoms with E-state index in [-0.39, 0.29) is 5.97 Å². The summed E-state index contributed by atoms with van der Waals surface area (Å²) < 4.78 is 6.21. The molecule has 1 rings (SSSR count). The molecular weight excluding hydrogens is 373 g/mol. The smallest absolute Gasteiger partial charge is 0.339 e. The topological polar surface area (TPSA) is 50.1 Å². The van der Waals surface area contributed by atoms with Gasteiger partial charge in [-0.05, 0) is 57.6 Å². The van der Waals surface area contributed by atoms with Crippen molar-refractivity contribution in [3.8, 4) is 6.07 Å². The molecule has 0 unspecified atom stereocenters. The summed E-state index contributed by atoms with van der Waals surface area (Å²) in [5, 5.41) is 8.78. The van der Waals surface area contributed by atoms with E-state index < -0.39 is 0 Å². The minimum atomic E-state index is -0.368. The summed E-state index contributed by atoms with van der Waals surface area (Å²) >= 11 is 5.24. The lowest BCUT2D eigenvalue weighted by atomic mass is 10.1. The second-order valence-electron chi connectivity index (χ2n) is 2.64. The molecule has 0 radical (unpaired) electrons. The summed E-state index contributed by atoms with van der Waals surface area (Å²) in [6.07, 6.45) is 0.